The van der Waals surface area contributed by atoms with Gasteiger partial charge in [-0.2, -0.15) is 0 Å². The quantitative estimate of drug-likeness (QED) is 0.150. The molecule has 276 valence electrons. The summed E-state index contributed by atoms with van der Waals surface area (Å²) >= 11 is 0. The molecular formula is C57H43N. The maximum Gasteiger partial charge on any atom is 0.0546 e. The van der Waals surface area contributed by atoms with Gasteiger partial charge in [-0.05, 0) is 103 Å². The van der Waals surface area contributed by atoms with E-state index in [0.29, 0.717) is 0 Å². The Kier molecular flexibility index (Phi) is 8.92. The summed E-state index contributed by atoms with van der Waals surface area (Å²) in [5.41, 5.74) is 20.5. The van der Waals surface area contributed by atoms with Gasteiger partial charge in [-0.1, -0.05) is 208 Å². The third-order valence-electron chi connectivity index (χ3n) is 11.9. The fourth-order valence-electron chi connectivity index (χ4n) is 8.99. The second kappa shape index (κ2) is 14.7. The lowest BCUT2D eigenvalue weighted by Crippen LogP contribution is -2.17. The number of hydrogen-bond acceptors (Lipinski definition) is 1. The molecule has 1 aliphatic carbocycles. The van der Waals surface area contributed by atoms with Gasteiger partial charge in [0.05, 0.1) is 5.69 Å². The third kappa shape index (κ3) is 6.22. The molecule has 0 heterocycles. The molecule has 0 N–H and O–H groups in total. The van der Waals surface area contributed by atoms with Crippen LogP contribution in [0.3, 0.4) is 0 Å². The lowest BCUT2D eigenvalue weighted by Gasteiger charge is -2.31. The molecule has 1 heteroatoms. The lowest BCUT2D eigenvalue weighted by molar-refractivity contribution is 0.660. The average Bonchev–Trinajstić information content (AvgIpc) is 3.53. The molecule has 0 radical (unpaired) electrons. The Bertz CT molecular complexity index is 2870. The average molecular weight is 742 g/mol. The molecule has 0 unspecified atom stereocenters. The molecule has 0 atom stereocenters. The molecule has 10 rings (SSSR count). The van der Waals surface area contributed by atoms with Crippen LogP contribution in [-0.4, -0.2) is 0 Å². The number of rotatable bonds is 8. The molecule has 1 nitrogen and oxygen atoms in total. The Labute approximate surface area is 342 Å². The van der Waals surface area contributed by atoms with Gasteiger partial charge in [0, 0.05) is 22.4 Å². The summed E-state index contributed by atoms with van der Waals surface area (Å²) in [7, 11) is 0. The Morgan fingerprint density at radius 1 is 0.293 bits per heavy atom. The number of hydrogen-bond donors (Lipinski definition) is 0. The zero-order valence-electron chi connectivity index (χ0n) is 32.8. The maximum absolute atomic E-state index is 2.48. The van der Waals surface area contributed by atoms with E-state index in [1.54, 1.807) is 0 Å². The summed E-state index contributed by atoms with van der Waals surface area (Å²) in [6.07, 6.45) is 0. The molecule has 1 aliphatic rings. The van der Waals surface area contributed by atoms with Crippen LogP contribution in [0.15, 0.2) is 224 Å². The molecule has 0 saturated carbocycles. The van der Waals surface area contributed by atoms with E-state index in [0.717, 1.165) is 22.6 Å². The van der Waals surface area contributed by atoms with Gasteiger partial charge in [-0.3, -0.25) is 0 Å². The van der Waals surface area contributed by atoms with Gasteiger partial charge in [0.15, 0.2) is 0 Å². The van der Waals surface area contributed by atoms with Crippen LogP contribution < -0.4 is 4.90 Å². The van der Waals surface area contributed by atoms with Gasteiger partial charge >= 0.3 is 0 Å². The first kappa shape index (κ1) is 35.2. The van der Waals surface area contributed by atoms with Crippen LogP contribution in [0.2, 0.25) is 0 Å². The summed E-state index contributed by atoms with van der Waals surface area (Å²) in [6, 6.07) is 81.9. The van der Waals surface area contributed by atoms with Crippen LogP contribution in [0.4, 0.5) is 17.1 Å². The normalized spacial score (nSPS) is 12.4. The molecule has 0 saturated heterocycles. The first-order valence-electron chi connectivity index (χ1n) is 20.2. The van der Waals surface area contributed by atoms with Crippen molar-refractivity contribution in [1.29, 1.82) is 0 Å². The van der Waals surface area contributed by atoms with Gasteiger partial charge in [-0.15, -0.1) is 0 Å². The van der Waals surface area contributed by atoms with E-state index in [2.05, 4.69) is 243 Å². The van der Waals surface area contributed by atoms with Crippen LogP contribution in [0.5, 0.6) is 0 Å². The fraction of sp³-hybridized carbons (Fsp3) is 0.0526. The van der Waals surface area contributed by atoms with Crippen LogP contribution in [0.25, 0.3) is 66.8 Å². The van der Waals surface area contributed by atoms with E-state index >= 15 is 0 Å². The number of fused-ring (bicyclic) bond motifs is 3. The number of nitrogens with zero attached hydrogens (tertiary/aromatic N) is 1. The van der Waals surface area contributed by atoms with Crippen LogP contribution in [0, 0.1) is 0 Å². The molecule has 58 heavy (non-hydrogen) atoms. The minimum absolute atomic E-state index is 0.142. The van der Waals surface area contributed by atoms with Crippen molar-refractivity contribution in [2.45, 2.75) is 19.3 Å². The second-order valence-electron chi connectivity index (χ2n) is 15.7. The van der Waals surface area contributed by atoms with Crippen molar-refractivity contribution in [3.63, 3.8) is 0 Å². The summed E-state index contributed by atoms with van der Waals surface area (Å²) in [4.78, 5) is 2.48. The molecule has 0 aliphatic heterocycles. The topological polar surface area (TPSA) is 3.24 Å². The summed E-state index contributed by atoms with van der Waals surface area (Å²) in [5, 5.41) is 0. The maximum atomic E-state index is 2.48. The molecule has 9 aromatic carbocycles. The van der Waals surface area contributed by atoms with Crippen molar-refractivity contribution >= 4 is 17.1 Å². The first-order valence-corrected chi connectivity index (χ1v) is 20.2. The largest absolute Gasteiger partial charge is 0.310 e. The molecule has 0 fully saturated rings. The highest BCUT2D eigenvalue weighted by atomic mass is 15.1. The van der Waals surface area contributed by atoms with Gasteiger partial charge in [0.25, 0.3) is 0 Å². The van der Waals surface area contributed by atoms with Crippen LogP contribution >= 0.6 is 0 Å². The molecule has 9 aromatic rings. The van der Waals surface area contributed by atoms with Gasteiger partial charge in [-0.25, -0.2) is 0 Å². The number of benzene rings is 9. The van der Waals surface area contributed by atoms with Crippen molar-refractivity contribution in [2.24, 2.45) is 0 Å². The number of anilines is 3. The fourth-order valence-corrected chi connectivity index (χ4v) is 8.99. The molecule has 0 bridgehead atoms. The first-order chi connectivity index (χ1) is 28.5. The zero-order valence-corrected chi connectivity index (χ0v) is 32.8. The lowest BCUT2D eigenvalue weighted by atomic mass is 9.82. The molecule has 0 spiro atoms. The van der Waals surface area contributed by atoms with Crippen LogP contribution in [0.1, 0.15) is 25.0 Å². The van der Waals surface area contributed by atoms with Crippen molar-refractivity contribution in [3.8, 4) is 66.8 Å². The Morgan fingerprint density at radius 2 is 0.741 bits per heavy atom. The minimum Gasteiger partial charge on any atom is -0.310 e. The summed E-state index contributed by atoms with van der Waals surface area (Å²) in [5.74, 6) is 0. The van der Waals surface area contributed by atoms with E-state index in [1.807, 2.05) is 0 Å². The van der Waals surface area contributed by atoms with E-state index < -0.39 is 0 Å². The highest BCUT2D eigenvalue weighted by Gasteiger charge is 2.36. The Balaban J connectivity index is 1.22. The van der Waals surface area contributed by atoms with Gasteiger partial charge in [0.1, 0.15) is 0 Å². The van der Waals surface area contributed by atoms with E-state index in [-0.39, 0.29) is 5.41 Å². The van der Waals surface area contributed by atoms with Crippen molar-refractivity contribution in [3.05, 3.63) is 236 Å². The van der Waals surface area contributed by atoms with Crippen molar-refractivity contribution in [2.75, 3.05) is 4.90 Å². The zero-order chi connectivity index (χ0) is 39.1. The monoisotopic (exact) mass is 741 g/mol. The van der Waals surface area contributed by atoms with Crippen LogP contribution in [-0.2, 0) is 5.41 Å². The smallest absolute Gasteiger partial charge is 0.0546 e. The predicted molar refractivity (Wildman–Crippen MR) is 246 cm³/mol. The molecule has 0 amide bonds. The van der Waals surface area contributed by atoms with Crippen molar-refractivity contribution in [1.82, 2.24) is 0 Å². The van der Waals surface area contributed by atoms with Crippen molar-refractivity contribution < 1.29 is 0 Å². The van der Waals surface area contributed by atoms with E-state index in [1.165, 1.54) is 72.3 Å². The third-order valence-corrected chi connectivity index (χ3v) is 11.9. The molecular weight excluding hydrogens is 699 g/mol. The highest BCUT2D eigenvalue weighted by molar-refractivity contribution is 6.00. The second-order valence-corrected chi connectivity index (χ2v) is 15.7. The summed E-state index contributed by atoms with van der Waals surface area (Å²) < 4.78 is 0. The van der Waals surface area contributed by atoms with E-state index in [9.17, 15) is 0 Å². The Hall–Kier alpha value is -7.22. The molecule has 0 aromatic heterocycles. The standard InChI is InChI=1S/C57H43N/c1-57(2)53-27-15-14-25-50(53)51-38-37-47(39-54(51)57)58(46-35-33-43(34-36-46)41-19-8-4-9-20-41)55-28-16-26-52(49-24-13-12-23-48(49)44-21-10-5-11-22-44)56(55)45-31-29-42(30-32-45)40-17-6-3-7-18-40/h3-39H,1-2H3. The predicted octanol–water partition coefficient (Wildman–Crippen LogP) is 15.8. The SMILES string of the molecule is CC1(C)c2ccccc2-c2ccc(N(c3ccc(-c4ccccc4)cc3)c3cccc(-c4ccccc4-c4ccccc4)c3-c3ccc(-c4ccccc4)cc3)cc21. The van der Waals surface area contributed by atoms with E-state index in [4.69, 9.17) is 0 Å². The summed E-state index contributed by atoms with van der Waals surface area (Å²) in [6.45, 7) is 4.72. The van der Waals surface area contributed by atoms with Gasteiger partial charge in [0.2, 0.25) is 0 Å². The highest BCUT2D eigenvalue weighted by Crippen LogP contribution is 2.52. The minimum atomic E-state index is -0.142. The Morgan fingerprint density at radius 3 is 1.38 bits per heavy atom. The van der Waals surface area contributed by atoms with Gasteiger partial charge < -0.3 is 4.90 Å².